The van der Waals surface area contributed by atoms with Crippen molar-refractivity contribution in [2.24, 2.45) is 11.8 Å². The first-order valence-corrected chi connectivity index (χ1v) is 40.7. The highest BCUT2D eigenvalue weighted by Gasteiger charge is 2.26. The van der Waals surface area contributed by atoms with Crippen molar-refractivity contribution in [3.05, 3.63) is 124 Å². The molecule has 2 unspecified atom stereocenters. The number of thiophene rings is 4. The maximum atomic E-state index is 16.0. The molecule has 0 radical (unpaired) electrons. The Morgan fingerprint density at radius 3 is 0.978 bits per heavy atom. The van der Waals surface area contributed by atoms with Gasteiger partial charge < -0.3 is 0 Å². The molecule has 4 aromatic heterocycles. The van der Waals surface area contributed by atoms with Gasteiger partial charge in [-0.15, -0.1) is 45.3 Å². The lowest BCUT2D eigenvalue weighted by molar-refractivity contribution is 0.400. The Bertz CT molecular complexity index is 3420. The number of hydrogen-bond acceptors (Lipinski definition) is 6. The third-order valence-electron chi connectivity index (χ3n) is 20.0. The average molecular weight is 1290 g/mol. The fraction of sp³-hybridized carbons (Fsp3) is 0.595. The summed E-state index contributed by atoms with van der Waals surface area (Å²) in [5, 5.41) is 6.02. The summed E-state index contributed by atoms with van der Waals surface area (Å²) in [6.07, 6.45) is 59.5. The van der Waals surface area contributed by atoms with Crippen molar-refractivity contribution in [3.8, 4) is 30.6 Å². The largest absolute Gasteiger partial charge is 0.289 e. The molecule has 0 N–H and O–H groups in total. The van der Waals surface area contributed by atoms with Gasteiger partial charge in [0, 0.05) is 60.9 Å². The molecule has 0 saturated heterocycles. The van der Waals surface area contributed by atoms with Crippen LogP contribution in [0.4, 0.5) is 0 Å². The molecule has 0 aliphatic heterocycles. The summed E-state index contributed by atoms with van der Waals surface area (Å²) in [7, 11) is 0. The van der Waals surface area contributed by atoms with Crippen molar-refractivity contribution in [2.45, 2.75) is 311 Å². The molecule has 0 saturated carbocycles. The fourth-order valence-electron chi connectivity index (χ4n) is 14.7. The monoisotopic (exact) mass is 1290 g/mol. The molecule has 490 valence electrons. The molecule has 4 aromatic carbocycles. The molecule has 0 amide bonds. The second kappa shape index (κ2) is 40.3. The predicted octanol–water partition coefficient (Wildman–Crippen LogP) is 28.8. The molecule has 0 aliphatic rings. The standard InChI is InChI=1S/C84H118O2S4/c1-7-11-15-19-23-27-29-33-37-41-45-65(43-39-35-31-25-21-17-13-9-3)57-67-59-74-73(81-71(67)61-75(83(81)85)77-53-48-64(6)88-77)60-68(58-66(44-40-36-32-26-22-18-14-10-4)46-42-38-34-30-28-24-20-16-12-8-2)72-62-76(84(86)82(72)74)78-55-56-80(90-78)79-54-52-70(89-79)51-50-69-49-47-63(5)87-69/h47-56,59-62,65-66H,7-46,57-58H2,1-6H3/b51-50+. The lowest BCUT2D eigenvalue weighted by atomic mass is 9.84. The minimum atomic E-state index is 0.139. The van der Waals surface area contributed by atoms with Crippen molar-refractivity contribution in [3.63, 3.8) is 0 Å². The molecular weight excluding hydrogens is 1170 g/mol. The molecule has 8 rings (SSSR count). The van der Waals surface area contributed by atoms with Crippen molar-refractivity contribution < 1.29 is 0 Å². The zero-order chi connectivity index (χ0) is 63.1. The van der Waals surface area contributed by atoms with Crippen molar-refractivity contribution in [1.29, 1.82) is 0 Å². The molecule has 2 nitrogen and oxygen atoms in total. The highest BCUT2D eigenvalue weighted by molar-refractivity contribution is 7.24. The van der Waals surface area contributed by atoms with Crippen LogP contribution in [0.5, 0.6) is 0 Å². The first kappa shape index (κ1) is 71.9. The maximum Gasteiger partial charge on any atom is 0.195 e. The van der Waals surface area contributed by atoms with Crippen LogP contribution in [-0.4, -0.2) is 0 Å². The van der Waals surface area contributed by atoms with Gasteiger partial charge in [0.2, 0.25) is 0 Å². The van der Waals surface area contributed by atoms with Gasteiger partial charge in [0.1, 0.15) is 0 Å². The normalized spacial score (nSPS) is 12.8. The van der Waals surface area contributed by atoms with E-state index in [0.717, 1.165) is 66.0 Å². The molecule has 8 aromatic rings. The summed E-state index contributed by atoms with van der Waals surface area (Å²) >= 11 is 7.16. The highest BCUT2D eigenvalue weighted by atomic mass is 32.1. The molecule has 0 bridgehead atoms. The van der Waals surface area contributed by atoms with E-state index in [4.69, 9.17) is 0 Å². The van der Waals surface area contributed by atoms with E-state index in [1.807, 2.05) is 22.7 Å². The molecule has 0 spiro atoms. The third-order valence-corrected chi connectivity index (χ3v) is 24.4. The maximum absolute atomic E-state index is 16.0. The Balaban J connectivity index is 1.18. The van der Waals surface area contributed by atoms with Gasteiger partial charge in [-0.3, -0.25) is 9.59 Å². The van der Waals surface area contributed by atoms with Gasteiger partial charge in [-0.2, -0.15) is 0 Å². The van der Waals surface area contributed by atoms with Crippen LogP contribution in [0, 0.1) is 25.7 Å². The lowest BCUT2D eigenvalue weighted by Gasteiger charge is -2.20. The Morgan fingerprint density at radius 1 is 0.311 bits per heavy atom. The summed E-state index contributed by atoms with van der Waals surface area (Å²) in [4.78, 5) is 41.3. The van der Waals surface area contributed by atoms with Crippen LogP contribution in [0.15, 0.2) is 82.4 Å². The quantitative estimate of drug-likeness (QED) is 0.0356. The number of rotatable bonds is 49. The van der Waals surface area contributed by atoms with E-state index < -0.39 is 0 Å². The van der Waals surface area contributed by atoms with Crippen LogP contribution >= 0.6 is 45.3 Å². The number of fused-ring (bicyclic) bond motifs is 5. The van der Waals surface area contributed by atoms with Crippen LogP contribution in [0.2, 0.25) is 0 Å². The lowest BCUT2D eigenvalue weighted by Crippen LogP contribution is -2.08. The van der Waals surface area contributed by atoms with Crippen LogP contribution in [-0.2, 0) is 12.8 Å². The van der Waals surface area contributed by atoms with E-state index in [9.17, 15) is 0 Å². The van der Waals surface area contributed by atoms with E-state index in [-0.39, 0.29) is 10.9 Å². The topological polar surface area (TPSA) is 34.1 Å². The molecule has 90 heavy (non-hydrogen) atoms. The van der Waals surface area contributed by atoms with Crippen LogP contribution in [0.3, 0.4) is 0 Å². The summed E-state index contributed by atoms with van der Waals surface area (Å²) in [5.74, 6) is 1.07. The molecule has 2 atom stereocenters. The highest BCUT2D eigenvalue weighted by Crippen LogP contribution is 2.44. The first-order valence-electron chi connectivity index (χ1n) is 37.4. The van der Waals surface area contributed by atoms with Crippen LogP contribution in [0.25, 0.3) is 75.1 Å². The first-order chi connectivity index (χ1) is 44.2. The summed E-state index contributed by atoms with van der Waals surface area (Å²) in [6, 6.07) is 27.2. The van der Waals surface area contributed by atoms with E-state index in [1.54, 1.807) is 22.7 Å². The van der Waals surface area contributed by atoms with Crippen molar-refractivity contribution in [2.75, 3.05) is 0 Å². The minimum Gasteiger partial charge on any atom is -0.289 e. The van der Waals surface area contributed by atoms with E-state index in [0.29, 0.717) is 11.8 Å². The molecule has 4 heterocycles. The third kappa shape index (κ3) is 22.4. The van der Waals surface area contributed by atoms with E-state index in [1.165, 1.54) is 297 Å². The van der Waals surface area contributed by atoms with Gasteiger partial charge in [0.05, 0.1) is 0 Å². The summed E-state index contributed by atoms with van der Waals surface area (Å²) in [6.45, 7) is 13.6. The summed E-state index contributed by atoms with van der Waals surface area (Å²) < 4.78 is 0. The second-order valence-electron chi connectivity index (χ2n) is 27.7. The molecular formula is C84H118O2S4. The van der Waals surface area contributed by atoms with Gasteiger partial charge in [0.25, 0.3) is 0 Å². The Hall–Kier alpha value is -3.94. The van der Waals surface area contributed by atoms with Gasteiger partial charge in [-0.25, -0.2) is 0 Å². The van der Waals surface area contributed by atoms with Gasteiger partial charge >= 0.3 is 0 Å². The van der Waals surface area contributed by atoms with Gasteiger partial charge in [-0.1, -0.05) is 285 Å². The molecule has 0 aliphatic carbocycles. The number of hydrogen-bond donors (Lipinski definition) is 0. The average Bonchev–Trinajstić information content (AvgIpc) is 1.56. The molecule has 0 fully saturated rings. The Kier molecular flexibility index (Phi) is 32.2. The predicted molar refractivity (Wildman–Crippen MR) is 408 cm³/mol. The van der Waals surface area contributed by atoms with Crippen molar-refractivity contribution >= 4 is 89.8 Å². The fourth-order valence-corrected chi connectivity index (χ4v) is 18.3. The number of benzene rings is 2. The smallest absolute Gasteiger partial charge is 0.195 e. The van der Waals surface area contributed by atoms with E-state index >= 15 is 9.59 Å². The van der Waals surface area contributed by atoms with E-state index in [2.05, 4.69) is 126 Å². The molecule has 6 heteroatoms. The SMILES string of the molecule is CCCCCCCCCCCCC(CCCCCCCCCC)Cc1cc2c(cc(CC(CCCCCCCCCC)CCCCCCCCCCCC)c3cc(-c4ccc(-c5ccc(/C=C/c6ccc(C)s6)s5)s4)c(=O)c32)c2c(=O)c(-c3ccc(C)s3)cc12. The zero-order valence-corrected chi connectivity index (χ0v) is 60.7. The Labute approximate surface area is 563 Å². The van der Waals surface area contributed by atoms with Gasteiger partial charge in [-0.05, 0) is 156 Å². The zero-order valence-electron chi connectivity index (χ0n) is 57.4. The number of unbranched alkanes of at least 4 members (excludes halogenated alkanes) is 32. The number of aryl methyl sites for hydroxylation is 2. The minimum absolute atomic E-state index is 0.139. The van der Waals surface area contributed by atoms with Crippen molar-refractivity contribution in [1.82, 2.24) is 0 Å². The van der Waals surface area contributed by atoms with Gasteiger partial charge in [0.15, 0.2) is 10.9 Å². The van der Waals surface area contributed by atoms with Crippen LogP contribution < -0.4 is 10.9 Å². The Morgan fingerprint density at radius 2 is 0.611 bits per heavy atom. The van der Waals surface area contributed by atoms with Crippen LogP contribution in [0.1, 0.15) is 315 Å². The summed E-state index contributed by atoms with van der Waals surface area (Å²) in [5.41, 5.74) is 4.51. The second-order valence-corrected chi connectivity index (χ2v) is 32.5.